The molecule has 0 saturated heterocycles. The molecule has 0 unspecified atom stereocenters. The quantitative estimate of drug-likeness (QED) is 0.179. The fourth-order valence-electron chi connectivity index (χ4n) is 5.70. The number of hydrogen-bond donors (Lipinski definition) is 2. The molecule has 2 N–H and O–H groups in total. The maximum Gasteiger partial charge on any atom is 0.336 e. The third-order valence-electron chi connectivity index (χ3n) is 7.97. The summed E-state index contributed by atoms with van der Waals surface area (Å²) in [5.41, 5.74) is 8.12. The highest BCUT2D eigenvalue weighted by atomic mass is 16.4. The van der Waals surface area contributed by atoms with Gasteiger partial charge in [-0.3, -0.25) is 9.36 Å². The molecule has 0 fully saturated rings. The molecular formula is C38H33N3O3. The summed E-state index contributed by atoms with van der Waals surface area (Å²) in [4.78, 5) is 30.8. The molecule has 0 aliphatic rings. The number of carboxylic acids is 1. The number of hydrogen-bond acceptors (Lipinski definition) is 3. The van der Waals surface area contributed by atoms with Gasteiger partial charge in [0, 0.05) is 17.7 Å². The van der Waals surface area contributed by atoms with Crippen molar-refractivity contribution < 1.29 is 14.7 Å². The van der Waals surface area contributed by atoms with Gasteiger partial charge in [0.15, 0.2) is 0 Å². The van der Waals surface area contributed by atoms with Crippen molar-refractivity contribution in [3.63, 3.8) is 0 Å². The minimum atomic E-state index is -0.978. The lowest BCUT2D eigenvalue weighted by Gasteiger charge is -2.17. The monoisotopic (exact) mass is 579 g/mol. The van der Waals surface area contributed by atoms with E-state index in [0.717, 1.165) is 58.5 Å². The van der Waals surface area contributed by atoms with Gasteiger partial charge in [-0.05, 0) is 77.6 Å². The minimum absolute atomic E-state index is 0.210. The number of carbonyl (C=O) groups excluding carboxylic acids is 1. The molecule has 6 aromatic rings. The number of unbranched alkanes of at least 4 members (excludes halogenated alkanes) is 1. The van der Waals surface area contributed by atoms with E-state index in [-0.39, 0.29) is 11.5 Å². The van der Waals surface area contributed by atoms with E-state index in [9.17, 15) is 14.7 Å². The number of fused-ring (bicyclic) bond motifs is 1. The molecular weight excluding hydrogens is 546 g/mol. The number of nitrogens with zero attached hydrogens (tertiary/aromatic N) is 2. The van der Waals surface area contributed by atoms with E-state index in [1.807, 2.05) is 127 Å². The highest BCUT2D eigenvalue weighted by Crippen LogP contribution is 2.33. The van der Waals surface area contributed by atoms with Crippen LogP contribution in [0.25, 0.3) is 39.0 Å². The average Bonchev–Trinajstić information content (AvgIpc) is 3.41. The van der Waals surface area contributed by atoms with Gasteiger partial charge in [0.2, 0.25) is 0 Å². The number of aromatic nitrogens is 2. The first-order chi connectivity index (χ1) is 21.4. The number of rotatable bonds is 9. The topological polar surface area (TPSA) is 84.2 Å². The Labute approximate surface area is 256 Å². The Morgan fingerprint density at radius 1 is 0.795 bits per heavy atom. The third-order valence-corrected chi connectivity index (χ3v) is 7.97. The number of benzene rings is 5. The molecule has 218 valence electrons. The summed E-state index contributed by atoms with van der Waals surface area (Å²) < 4.78 is 2.05. The summed E-state index contributed by atoms with van der Waals surface area (Å²) in [6.07, 6.45) is 2.68. The van der Waals surface area contributed by atoms with Crippen LogP contribution in [-0.4, -0.2) is 26.5 Å². The van der Waals surface area contributed by atoms with Crippen LogP contribution in [0.4, 0.5) is 5.69 Å². The van der Waals surface area contributed by atoms with E-state index >= 15 is 0 Å². The summed E-state index contributed by atoms with van der Waals surface area (Å²) in [6, 6.07) is 36.7. The lowest BCUT2D eigenvalue weighted by molar-refractivity contribution is 0.0696. The average molecular weight is 580 g/mol. The SMILES string of the molecule is CCCCc1nc2ccc(NC(=O)c3ccc(-c4ccccc4)cc3)cc2n1-c1ccc(-c2ccccc2)c(C(=O)O)c1C. The molecule has 0 aliphatic heterocycles. The van der Waals surface area contributed by atoms with Gasteiger partial charge >= 0.3 is 5.97 Å². The smallest absolute Gasteiger partial charge is 0.336 e. The number of imidazole rings is 1. The lowest BCUT2D eigenvalue weighted by Crippen LogP contribution is -2.12. The molecule has 6 rings (SSSR count). The van der Waals surface area contributed by atoms with Gasteiger partial charge in [0.05, 0.1) is 22.3 Å². The molecule has 1 heterocycles. The molecule has 5 aromatic carbocycles. The standard InChI is InChI=1S/C38H33N3O3/c1-3-4-15-35-40-32-22-20-30(39-37(42)29-18-16-27(17-19-29)26-11-7-5-8-12-26)24-34(32)41(35)33-23-21-31(28-13-9-6-10-14-28)36(25(33)2)38(43)44/h5-14,16-24H,3-4,15H2,1-2H3,(H,39,42)(H,43,44). The van der Waals surface area contributed by atoms with Crippen LogP contribution in [0.1, 0.15) is 51.9 Å². The van der Waals surface area contributed by atoms with Crippen LogP contribution in [0.2, 0.25) is 0 Å². The first kappa shape index (κ1) is 28.6. The number of nitrogens with one attached hydrogen (secondary N) is 1. The Morgan fingerprint density at radius 3 is 2.11 bits per heavy atom. The number of anilines is 1. The molecule has 1 amide bonds. The number of carboxylic acid groups (broad SMARTS) is 1. The second kappa shape index (κ2) is 12.4. The summed E-state index contributed by atoms with van der Waals surface area (Å²) in [5, 5.41) is 13.4. The van der Waals surface area contributed by atoms with Gasteiger partial charge in [-0.15, -0.1) is 0 Å². The highest BCUT2D eigenvalue weighted by Gasteiger charge is 2.22. The summed E-state index contributed by atoms with van der Waals surface area (Å²) in [5.74, 6) is -0.333. The minimum Gasteiger partial charge on any atom is -0.478 e. The molecule has 0 aliphatic carbocycles. The summed E-state index contributed by atoms with van der Waals surface area (Å²) in [7, 11) is 0. The van der Waals surface area contributed by atoms with E-state index in [0.29, 0.717) is 22.4 Å². The molecule has 6 nitrogen and oxygen atoms in total. The largest absolute Gasteiger partial charge is 0.478 e. The first-order valence-electron chi connectivity index (χ1n) is 14.9. The third kappa shape index (κ3) is 5.62. The molecule has 0 bridgehead atoms. The van der Waals surface area contributed by atoms with Crippen LogP contribution < -0.4 is 5.32 Å². The van der Waals surface area contributed by atoms with E-state index in [2.05, 4.69) is 12.2 Å². The zero-order valence-corrected chi connectivity index (χ0v) is 24.7. The van der Waals surface area contributed by atoms with Crippen LogP contribution >= 0.6 is 0 Å². The second-order valence-corrected chi connectivity index (χ2v) is 10.9. The van der Waals surface area contributed by atoms with Crippen molar-refractivity contribution in [1.29, 1.82) is 0 Å². The fourth-order valence-corrected chi connectivity index (χ4v) is 5.70. The van der Waals surface area contributed by atoms with Crippen LogP contribution in [0, 0.1) is 6.92 Å². The zero-order valence-electron chi connectivity index (χ0n) is 24.7. The van der Waals surface area contributed by atoms with E-state index in [4.69, 9.17) is 4.98 Å². The van der Waals surface area contributed by atoms with Gasteiger partial charge in [0.1, 0.15) is 5.82 Å². The summed E-state index contributed by atoms with van der Waals surface area (Å²) in [6.45, 7) is 3.99. The van der Waals surface area contributed by atoms with Crippen molar-refractivity contribution in [3.8, 4) is 27.9 Å². The van der Waals surface area contributed by atoms with Crippen LogP contribution in [0.15, 0.2) is 115 Å². The molecule has 0 radical (unpaired) electrons. The Morgan fingerprint density at radius 2 is 1.45 bits per heavy atom. The van der Waals surface area contributed by atoms with E-state index in [1.165, 1.54) is 0 Å². The Kier molecular flexibility index (Phi) is 8.06. The lowest BCUT2D eigenvalue weighted by atomic mass is 9.94. The molecule has 0 atom stereocenters. The van der Waals surface area contributed by atoms with Crippen molar-refractivity contribution in [1.82, 2.24) is 9.55 Å². The van der Waals surface area contributed by atoms with Crippen LogP contribution in [-0.2, 0) is 6.42 Å². The predicted octanol–water partition coefficient (Wildman–Crippen LogP) is 8.96. The normalized spacial score (nSPS) is 11.0. The maximum absolute atomic E-state index is 13.2. The molecule has 44 heavy (non-hydrogen) atoms. The summed E-state index contributed by atoms with van der Waals surface area (Å²) >= 11 is 0. The molecule has 0 saturated carbocycles. The number of aromatic carboxylic acids is 1. The van der Waals surface area contributed by atoms with Gasteiger partial charge in [-0.2, -0.15) is 0 Å². The van der Waals surface area contributed by atoms with Crippen LogP contribution in [0.5, 0.6) is 0 Å². The van der Waals surface area contributed by atoms with Crippen molar-refractivity contribution in [2.75, 3.05) is 5.32 Å². The van der Waals surface area contributed by atoms with E-state index < -0.39 is 5.97 Å². The van der Waals surface area contributed by atoms with Gasteiger partial charge in [-0.25, -0.2) is 9.78 Å². The first-order valence-corrected chi connectivity index (χ1v) is 14.9. The van der Waals surface area contributed by atoms with Crippen molar-refractivity contribution in [3.05, 3.63) is 138 Å². The fraction of sp³-hybridized carbons (Fsp3) is 0.132. The zero-order chi connectivity index (χ0) is 30.6. The van der Waals surface area contributed by atoms with Crippen molar-refractivity contribution in [2.45, 2.75) is 33.1 Å². The Balaban J connectivity index is 1.39. The van der Waals surface area contributed by atoms with E-state index in [1.54, 1.807) is 0 Å². The molecule has 0 spiro atoms. The van der Waals surface area contributed by atoms with Crippen molar-refractivity contribution >= 4 is 28.6 Å². The Bertz CT molecular complexity index is 1960. The molecule has 6 heteroatoms. The molecule has 1 aromatic heterocycles. The number of carbonyl (C=O) groups is 2. The predicted molar refractivity (Wildman–Crippen MR) is 177 cm³/mol. The maximum atomic E-state index is 13.2. The van der Waals surface area contributed by atoms with Crippen LogP contribution in [0.3, 0.4) is 0 Å². The Hall–Kier alpha value is -5.49. The van der Waals surface area contributed by atoms with Gasteiger partial charge in [0.25, 0.3) is 5.91 Å². The second-order valence-electron chi connectivity index (χ2n) is 10.9. The number of amides is 1. The van der Waals surface area contributed by atoms with Gasteiger partial charge < -0.3 is 10.4 Å². The highest BCUT2D eigenvalue weighted by molar-refractivity contribution is 6.05. The van der Waals surface area contributed by atoms with Gasteiger partial charge in [-0.1, -0.05) is 92.2 Å². The number of aryl methyl sites for hydroxylation is 1. The van der Waals surface area contributed by atoms with Crippen molar-refractivity contribution in [2.24, 2.45) is 0 Å².